The molecule has 13 heteroatoms. The van der Waals surface area contributed by atoms with E-state index < -0.39 is 20.9 Å². The van der Waals surface area contributed by atoms with Crippen LogP contribution in [0.2, 0.25) is 0 Å². The van der Waals surface area contributed by atoms with E-state index in [0.29, 0.717) is 36.6 Å². The summed E-state index contributed by atoms with van der Waals surface area (Å²) in [5, 5.41) is 15.0. The first-order chi connectivity index (χ1) is 18.7. The number of primary amides is 1. The van der Waals surface area contributed by atoms with Gasteiger partial charge in [0.15, 0.2) is 12.2 Å². The third-order valence-corrected chi connectivity index (χ3v) is 10.1. The lowest BCUT2D eigenvalue weighted by atomic mass is 10.0. The minimum Gasteiger partial charge on any atom is -0.444 e. The van der Waals surface area contributed by atoms with Crippen LogP contribution in [0.1, 0.15) is 33.6 Å². The van der Waals surface area contributed by atoms with Crippen molar-refractivity contribution in [1.82, 2.24) is 9.29 Å². The number of carbonyl (C=O) groups excluding carboxylic acids is 1. The highest BCUT2D eigenvalue weighted by molar-refractivity contribution is 7.91. The molecule has 0 saturated carbocycles. The zero-order valence-corrected chi connectivity index (χ0v) is 22.3. The molecule has 2 aromatic heterocycles. The Hall–Kier alpha value is -4.07. The molecule has 1 amide bonds. The highest BCUT2D eigenvalue weighted by Crippen LogP contribution is 2.32. The molecule has 1 fully saturated rings. The third-order valence-electron chi connectivity index (χ3n) is 6.60. The number of hydrogen-bond acceptors (Lipinski definition) is 9. The first kappa shape index (κ1) is 26.5. The van der Waals surface area contributed by atoms with E-state index in [9.17, 15) is 23.3 Å². The van der Waals surface area contributed by atoms with E-state index in [1.54, 1.807) is 12.3 Å². The number of oxazole rings is 1. The topological polar surface area (TPSA) is 162 Å². The van der Waals surface area contributed by atoms with E-state index in [4.69, 9.17) is 10.2 Å². The van der Waals surface area contributed by atoms with Crippen LogP contribution in [0.4, 0.5) is 11.4 Å². The van der Waals surface area contributed by atoms with E-state index in [1.807, 2.05) is 24.3 Å². The van der Waals surface area contributed by atoms with E-state index in [-0.39, 0.29) is 33.5 Å². The van der Waals surface area contributed by atoms with Gasteiger partial charge in [-0.15, -0.1) is 11.3 Å². The van der Waals surface area contributed by atoms with Crippen LogP contribution >= 0.6 is 11.3 Å². The lowest BCUT2D eigenvalue weighted by Gasteiger charge is -2.31. The predicted octanol–water partition coefficient (Wildman–Crippen LogP) is 4.27. The number of nitro benzene ring substituents is 1. The minimum absolute atomic E-state index is 0.0226. The second-order valence-electron chi connectivity index (χ2n) is 9.09. The number of hydrogen-bond donors (Lipinski definition) is 2. The Morgan fingerprint density at radius 3 is 2.64 bits per heavy atom. The Labute approximate surface area is 228 Å². The van der Waals surface area contributed by atoms with Crippen LogP contribution in [-0.2, 0) is 16.4 Å². The van der Waals surface area contributed by atoms with Gasteiger partial charge in [0, 0.05) is 58.9 Å². The Morgan fingerprint density at radius 2 is 1.95 bits per heavy atom. The number of piperidine rings is 1. The molecular weight excluding hydrogens is 542 g/mol. The van der Waals surface area contributed by atoms with Gasteiger partial charge >= 0.3 is 0 Å². The summed E-state index contributed by atoms with van der Waals surface area (Å²) < 4.78 is 33.7. The van der Waals surface area contributed by atoms with Crippen LogP contribution in [0, 0.1) is 10.1 Å². The van der Waals surface area contributed by atoms with Crippen molar-refractivity contribution in [2.24, 2.45) is 5.73 Å². The van der Waals surface area contributed by atoms with E-state index in [0.717, 1.165) is 22.6 Å². The molecule has 202 valence electrons. The second kappa shape index (κ2) is 11.0. The summed E-state index contributed by atoms with van der Waals surface area (Å²) in [6, 6.07) is 15.1. The second-order valence-corrected chi connectivity index (χ2v) is 12.4. The number of nitro groups is 1. The van der Waals surface area contributed by atoms with Crippen LogP contribution in [0.15, 0.2) is 75.8 Å². The van der Waals surface area contributed by atoms with Crippen molar-refractivity contribution in [2.45, 2.75) is 29.5 Å². The maximum atomic E-state index is 13.4. The van der Waals surface area contributed by atoms with Crippen molar-refractivity contribution < 1.29 is 22.6 Å². The van der Waals surface area contributed by atoms with Gasteiger partial charge in [-0.3, -0.25) is 14.9 Å². The summed E-state index contributed by atoms with van der Waals surface area (Å²) in [6.07, 6.45) is 4.31. The highest BCUT2D eigenvalue weighted by atomic mass is 32.2. The smallest absolute Gasteiger partial charge is 0.273 e. The first-order valence-corrected chi connectivity index (χ1v) is 14.4. The maximum absolute atomic E-state index is 13.4. The normalized spacial score (nSPS) is 14.8. The fraction of sp³-hybridized carbons (Fsp3) is 0.231. The molecule has 3 heterocycles. The van der Waals surface area contributed by atoms with Crippen molar-refractivity contribution in [3.8, 4) is 11.3 Å². The average molecular weight is 568 g/mol. The lowest BCUT2D eigenvalue weighted by molar-refractivity contribution is -0.385. The largest absolute Gasteiger partial charge is 0.444 e. The maximum Gasteiger partial charge on any atom is 0.273 e. The van der Waals surface area contributed by atoms with Crippen LogP contribution < -0.4 is 11.1 Å². The average Bonchev–Trinajstić information content (AvgIpc) is 3.62. The van der Waals surface area contributed by atoms with Crippen molar-refractivity contribution in [1.29, 1.82) is 0 Å². The number of nitrogens with one attached hydrogen (secondary N) is 1. The summed E-state index contributed by atoms with van der Waals surface area (Å²) in [7, 11) is -3.74. The van der Waals surface area contributed by atoms with Gasteiger partial charge in [0.25, 0.3) is 15.7 Å². The van der Waals surface area contributed by atoms with Crippen molar-refractivity contribution in [2.75, 3.05) is 18.4 Å². The molecule has 4 aromatic rings. The molecule has 3 N–H and O–H groups in total. The van der Waals surface area contributed by atoms with Gasteiger partial charge in [0.2, 0.25) is 5.91 Å². The van der Waals surface area contributed by atoms with Gasteiger partial charge < -0.3 is 15.5 Å². The summed E-state index contributed by atoms with van der Waals surface area (Å²) in [5.74, 6) is -0.109. The molecule has 0 radical (unpaired) electrons. The highest BCUT2D eigenvalue weighted by Gasteiger charge is 2.31. The van der Waals surface area contributed by atoms with Crippen LogP contribution in [0.25, 0.3) is 11.3 Å². The third kappa shape index (κ3) is 5.70. The molecule has 11 nitrogen and oxygen atoms in total. The van der Waals surface area contributed by atoms with Gasteiger partial charge in [0.05, 0.1) is 11.1 Å². The van der Waals surface area contributed by atoms with E-state index in [1.165, 1.54) is 35.0 Å². The van der Waals surface area contributed by atoms with Gasteiger partial charge in [-0.05, 0) is 43.2 Å². The van der Waals surface area contributed by atoms with Gasteiger partial charge in [-0.1, -0.05) is 18.2 Å². The number of amides is 1. The van der Waals surface area contributed by atoms with Crippen molar-refractivity contribution in [3.63, 3.8) is 0 Å². The number of rotatable bonds is 9. The molecule has 2 aromatic carbocycles. The number of anilines is 1. The number of nitrogens with two attached hydrogens (primary N) is 1. The van der Waals surface area contributed by atoms with Gasteiger partial charge in [-0.2, -0.15) is 4.31 Å². The zero-order chi connectivity index (χ0) is 27.6. The van der Waals surface area contributed by atoms with Gasteiger partial charge in [0.1, 0.15) is 4.21 Å². The molecule has 5 rings (SSSR count). The first-order valence-electron chi connectivity index (χ1n) is 12.1. The SMILES string of the molecule is NC(=O)c1cccc([N+](=O)[O-])c1Cc1ccc(S(=O)(=O)N2CCC(Nc3cccc(-c4cnco4)c3)CC2)s1. The standard InChI is InChI=1S/C26H25N5O6S2/c27-26(32)21-5-2-6-23(31(33)34)22(21)14-20-7-8-25(38-20)39(35,36)30-11-9-18(10-12-30)29-19-4-1-3-17(13-19)24-15-28-16-37-24/h1-8,13,15-16,18,29H,9-12,14H2,(H2,27,32). The van der Waals surface area contributed by atoms with Crippen LogP contribution in [0.5, 0.6) is 0 Å². The summed E-state index contributed by atoms with van der Waals surface area (Å²) in [6.45, 7) is 0.704. The monoisotopic (exact) mass is 567 g/mol. The fourth-order valence-corrected chi connectivity index (χ4v) is 7.64. The lowest BCUT2D eigenvalue weighted by Crippen LogP contribution is -2.42. The number of nitrogens with zero attached hydrogens (tertiary/aromatic N) is 3. The van der Waals surface area contributed by atoms with Crippen LogP contribution in [-0.4, -0.2) is 47.7 Å². The quantitative estimate of drug-likeness (QED) is 0.224. The molecule has 0 atom stereocenters. The predicted molar refractivity (Wildman–Crippen MR) is 146 cm³/mol. The molecule has 0 spiro atoms. The Kier molecular flexibility index (Phi) is 7.46. The molecule has 1 aliphatic rings. The number of thiophene rings is 1. The number of sulfonamides is 1. The Morgan fingerprint density at radius 1 is 1.18 bits per heavy atom. The van der Waals surface area contributed by atoms with E-state index in [2.05, 4.69) is 10.3 Å². The van der Waals surface area contributed by atoms with E-state index >= 15 is 0 Å². The number of benzene rings is 2. The molecule has 0 unspecified atom stereocenters. The molecule has 1 aliphatic heterocycles. The van der Waals surface area contributed by atoms with Gasteiger partial charge in [-0.25, -0.2) is 13.4 Å². The molecule has 0 bridgehead atoms. The molecular formula is C26H25N5O6S2. The van der Waals surface area contributed by atoms with Crippen molar-refractivity contribution in [3.05, 3.63) is 93.3 Å². The molecule has 1 saturated heterocycles. The minimum atomic E-state index is -3.74. The summed E-state index contributed by atoms with van der Waals surface area (Å²) >= 11 is 1.04. The number of carbonyl (C=O) groups is 1. The summed E-state index contributed by atoms with van der Waals surface area (Å²) in [5.41, 5.74) is 7.22. The van der Waals surface area contributed by atoms with Crippen LogP contribution in [0.3, 0.4) is 0 Å². The fourth-order valence-electron chi connectivity index (χ4n) is 4.65. The molecule has 39 heavy (non-hydrogen) atoms. The van der Waals surface area contributed by atoms with Crippen molar-refractivity contribution >= 4 is 38.6 Å². The zero-order valence-electron chi connectivity index (χ0n) is 20.6. The Balaban J connectivity index is 1.25. The number of aromatic nitrogens is 1. The molecule has 0 aliphatic carbocycles. The Bertz CT molecular complexity index is 1580. The summed E-state index contributed by atoms with van der Waals surface area (Å²) in [4.78, 5) is 27.3.